The van der Waals surface area contributed by atoms with Crippen LogP contribution in [0.4, 0.5) is 0 Å². The van der Waals surface area contributed by atoms with Crippen molar-refractivity contribution in [3.63, 3.8) is 0 Å². The highest BCUT2D eigenvalue weighted by molar-refractivity contribution is 6.28. The van der Waals surface area contributed by atoms with Gasteiger partial charge in [0.1, 0.15) is 0 Å². The summed E-state index contributed by atoms with van der Waals surface area (Å²) < 4.78 is 4.76. The van der Waals surface area contributed by atoms with Crippen LogP contribution in [0.2, 0.25) is 5.28 Å². The summed E-state index contributed by atoms with van der Waals surface area (Å²) in [5.41, 5.74) is 0. The summed E-state index contributed by atoms with van der Waals surface area (Å²) in [6.45, 7) is 4.00. The molecule has 0 atom stereocenters. The molecular weight excluding hydrogens is 164 g/mol. The average molecular weight is 175 g/mol. The molecule has 0 aromatic carbocycles. The molecule has 0 saturated heterocycles. The third-order valence-electron chi connectivity index (χ3n) is 0.810. The van der Waals surface area contributed by atoms with Gasteiger partial charge in [0.15, 0.2) is 0 Å². The van der Waals surface area contributed by atoms with Crippen LogP contribution in [-0.2, 0) is 0 Å². The first-order valence-electron chi connectivity index (χ1n) is 3.35. The van der Waals surface area contributed by atoms with Crippen molar-refractivity contribution in [2.24, 2.45) is 0 Å². The van der Waals surface area contributed by atoms with Crippen LogP contribution in [0.25, 0.3) is 0 Å². The van der Waals surface area contributed by atoms with Crippen molar-refractivity contribution in [3.8, 4) is 5.88 Å². The van der Waals surface area contributed by atoms with Crippen molar-refractivity contribution in [2.45, 2.75) is 13.8 Å². The molecule has 1 aromatic heterocycles. The molecule has 0 unspecified atom stereocenters. The van der Waals surface area contributed by atoms with Gasteiger partial charge in [0.2, 0.25) is 11.2 Å². The molecule has 0 bridgehead atoms. The molecule has 0 spiro atoms. The molecule has 1 rings (SSSR count). The van der Waals surface area contributed by atoms with Gasteiger partial charge >= 0.3 is 0 Å². The molecule has 0 saturated carbocycles. The lowest BCUT2D eigenvalue weighted by molar-refractivity contribution is 0.397. The quantitative estimate of drug-likeness (QED) is 0.612. The number of ether oxygens (including phenoxy) is 1. The Morgan fingerprint density at radius 1 is 1.45 bits per heavy atom. The molecule has 0 aliphatic heterocycles. The highest BCUT2D eigenvalue weighted by atomic mass is 35.5. The van der Waals surface area contributed by atoms with E-state index in [0.717, 1.165) is 0 Å². The minimum absolute atomic E-state index is 0.203. The third kappa shape index (κ3) is 3.78. The molecular formula is C7H11ClN2O. The Morgan fingerprint density at radius 2 is 2.09 bits per heavy atom. The standard InChI is InChI=1S/C5H5ClN2O.C2H6/c1-9-4-2-3-7-5(6)8-4;1-2/h2-3H,1H3;1-2H3. The molecule has 4 heteroatoms. The maximum atomic E-state index is 5.42. The number of hydrogen-bond acceptors (Lipinski definition) is 3. The van der Waals surface area contributed by atoms with E-state index in [0.29, 0.717) is 5.88 Å². The topological polar surface area (TPSA) is 35.0 Å². The Bertz CT molecular complexity index is 205. The van der Waals surface area contributed by atoms with E-state index in [9.17, 15) is 0 Å². The van der Waals surface area contributed by atoms with Crippen LogP contribution < -0.4 is 4.74 Å². The minimum atomic E-state index is 0.203. The first kappa shape index (κ1) is 10.2. The molecule has 1 aromatic rings. The number of methoxy groups -OCH3 is 1. The van der Waals surface area contributed by atoms with Crippen molar-refractivity contribution in [1.82, 2.24) is 9.97 Å². The van der Waals surface area contributed by atoms with Crippen LogP contribution in [0.15, 0.2) is 12.3 Å². The number of nitrogens with zero attached hydrogens (tertiary/aromatic N) is 2. The van der Waals surface area contributed by atoms with Gasteiger partial charge in [-0.3, -0.25) is 0 Å². The Morgan fingerprint density at radius 3 is 2.45 bits per heavy atom. The van der Waals surface area contributed by atoms with Crippen LogP contribution >= 0.6 is 11.6 Å². The van der Waals surface area contributed by atoms with Crippen molar-refractivity contribution in [1.29, 1.82) is 0 Å². The monoisotopic (exact) mass is 174 g/mol. The molecule has 1 heterocycles. The SMILES string of the molecule is CC.COc1ccnc(Cl)n1. The van der Waals surface area contributed by atoms with Crippen LogP contribution in [0.3, 0.4) is 0 Å². The molecule has 62 valence electrons. The lowest BCUT2D eigenvalue weighted by Crippen LogP contribution is -1.87. The van der Waals surface area contributed by atoms with Gasteiger partial charge in [0.25, 0.3) is 0 Å². The minimum Gasteiger partial charge on any atom is -0.481 e. The molecule has 0 radical (unpaired) electrons. The maximum absolute atomic E-state index is 5.42. The summed E-state index contributed by atoms with van der Waals surface area (Å²) >= 11 is 5.42. The third-order valence-corrected chi connectivity index (χ3v) is 0.992. The Labute approximate surface area is 71.4 Å². The second kappa shape index (κ2) is 5.92. The molecule has 11 heavy (non-hydrogen) atoms. The highest BCUT2D eigenvalue weighted by Gasteiger charge is 1.91. The van der Waals surface area contributed by atoms with E-state index < -0.39 is 0 Å². The van der Waals surface area contributed by atoms with E-state index in [4.69, 9.17) is 16.3 Å². The number of rotatable bonds is 1. The van der Waals surface area contributed by atoms with Crippen LogP contribution in [-0.4, -0.2) is 17.1 Å². The summed E-state index contributed by atoms with van der Waals surface area (Å²) in [6.07, 6.45) is 1.54. The second-order valence-electron chi connectivity index (χ2n) is 1.37. The largest absolute Gasteiger partial charge is 0.481 e. The highest BCUT2D eigenvalue weighted by Crippen LogP contribution is 2.06. The molecule has 0 aliphatic carbocycles. The van der Waals surface area contributed by atoms with E-state index in [1.807, 2.05) is 13.8 Å². The van der Waals surface area contributed by atoms with E-state index >= 15 is 0 Å². The van der Waals surface area contributed by atoms with Gasteiger partial charge in [-0.25, -0.2) is 4.98 Å². The van der Waals surface area contributed by atoms with Gasteiger partial charge in [-0.1, -0.05) is 13.8 Å². The Balaban J connectivity index is 0.000000461. The van der Waals surface area contributed by atoms with E-state index in [-0.39, 0.29) is 5.28 Å². The predicted molar refractivity (Wildman–Crippen MR) is 44.9 cm³/mol. The molecule has 0 fully saturated rings. The van der Waals surface area contributed by atoms with Gasteiger partial charge in [-0.15, -0.1) is 0 Å². The summed E-state index contributed by atoms with van der Waals surface area (Å²) in [6, 6.07) is 1.63. The van der Waals surface area contributed by atoms with E-state index in [1.165, 1.54) is 13.3 Å². The van der Waals surface area contributed by atoms with Crippen molar-refractivity contribution in [3.05, 3.63) is 17.5 Å². The zero-order valence-electron chi connectivity index (χ0n) is 6.84. The fourth-order valence-electron chi connectivity index (χ4n) is 0.433. The Kier molecular flexibility index (Phi) is 5.47. The zero-order chi connectivity index (χ0) is 8.69. The molecule has 3 nitrogen and oxygen atoms in total. The summed E-state index contributed by atoms with van der Waals surface area (Å²) in [7, 11) is 1.53. The first-order valence-corrected chi connectivity index (χ1v) is 3.73. The first-order chi connectivity index (χ1) is 5.33. The number of halogens is 1. The molecule has 0 amide bonds. The fourth-order valence-corrected chi connectivity index (χ4v) is 0.573. The summed E-state index contributed by atoms with van der Waals surface area (Å²) in [5, 5.41) is 0.203. The average Bonchev–Trinajstić information content (AvgIpc) is 2.08. The van der Waals surface area contributed by atoms with Gasteiger partial charge in [0.05, 0.1) is 7.11 Å². The fraction of sp³-hybridized carbons (Fsp3) is 0.429. The number of hydrogen-bond donors (Lipinski definition) is 0. The van der Waals surface area contributed by atoms with Crippen molar-refractivity contribution >= 4 is 11.6 Å². The number of aromatic nitrogens is 2. The Hall–Kier alpha value is -0.830. The molecule has 0 N–H and O–H groups in total. The second-order valence-corrected chi connectivity index (χ2v) is 1.71. The van der Waals surface area contributed by atoms with Crippen molar-refractivity contribution in [2.75, 3.05) is 7.11 Å². The smallest absolute Gasteiger partial charge is 0.225 e. The van der Waals surface area contributed by atoms with Gasteiger partial charge in [-0.05, 0) is 11.6 Å². The lowest BCUT2D eigenvalue weighted by Gasteiger charge is -1.94. The van der Waals surface area contributed by atoms with E-state index in [2.05, 4.69) is 9.97 Å². The van der Waals surface area contributed by atoms with Crippen molar-refractivity contribution < 1.29 is 4.74 Å². The van der Waals surface area contributed by atoms with Gasteiger partial charge < -0.3 is 4.74 Å². The maximum Gasteiger partial charge on any atom is 0.225 e. The van der Waals surface area contributed by atoms with Crippen LogP contribution in [0.5, 0.6) is 5.88 Å². The zero-order valence-corrected chi connectivity index (χ0v) is 7.59. The van der Waals surface area contributed by atoms with Crippen LogP contribution in [0.1, 0.15) is 13.8 Å². The normalized spacial score (nSPS) is 8.00. The van der Waals surface area contributed by atoms with E-state index in [1.54, 1.807) is 6.07 Å². The summed E-state index contributed by atoms with van der Waals surface area (Å²) in [5.74, 6) is 0.481. The lowest BCUT2D eigenvalue weighted by atomic mass is 10.6. The predicted octanol–water partition coefficient (Wildman–Crippen LogP) is 2.16. The summed E-state index contributed by atoms with van der Waals surface area (Å²) in [4.78, 5) is 7.39. The van der Waals surface area contributed by atoms with Crippen LogP contribution in [0, 0.1) is 0 Å². The van der Waals surface area contributed by atoms with Gasteiger partial charge in [0, 0.05) is 12.3 Å². The molecule has 0 aliphatic rings. The van der Waals surface area contributed by atoms with Gasteiger partial charge in [-0.2, -0.15) is 4.98 Å².